The highest BCUT2D eigenvalue weighted by molar-refractivity contribution is 6.39. The van der Waals surface area contributed by atoms with E-state index >= 15 is 0 Å². The molecule has 0 N–H and O–H groups in total. The zero-order chi connectivity index (χ0) is 15.5. The standard InChI is InChI=1S/C14H21NO6/c1-20-14(7-3-5-9-21-14)11(16)12(17)15-8-4-2-6-10(15)13(18)19/h10H,2-9H2,1H3,(H,18,19)/p-1. The smallest absolute Gasteiger partial charge is 0.296 e. The highest BCUT2D eigenvalue weighted by atomic mass is 16.7. The molecule has 0 radical (unpaired) electrons. The molecule has 0 saturated carbocycles. The van der Waals surface area contributed by atoms with Crippen molar-refractivity contribution in [2.45, 2.75) is 50.4 Å². The minimum atomic E-state index is -1.57. The van der Waals surface area contributed by atoms with Gasteiger partial charge in [-0.2, -0.15) is 0 Å². The summed E-state index contributed by atoms with van der Waals surface area (Å²) in [7, 11) is 1.32. The number of piperidine rings is 1. The van der Waals surface area contributed by atoms with E-state index in [2.05, 4.69) is 0 Å². The third kappa shape index (κ3) is 3.08. The maximum absolute atomic E-state index is 12.5. The molecule has 2 aliphatic heterocycles. The Hall–Kier alpha value is -1.47. The number of likely N-dealkylation sites (tertiary alicyclic amines) is 1. The molecule has 7 nitrogen and oxygen atoms in total. The van der Waals surface area contributed by atoms with Crippen LogP contribution in [0.2, 0.25) is 0 Å². The van der Waals surface area contributed by atoms with Gasteiger partial charge in [-0.15, -0.1) is 0 Å². The Labute approximate surface area is 123 Å². The van der Waals surface area contributed by atoms with Crippen LogP contribution in [0.3, 0.4) is 0 Å². The Morgan fingerprint density at radius 3 is 2.57 bits per heavy atom. The van der Waals surface area contributed by atoms with Crippen molar-refractivity contribution in [1.82, 2.24) is 4.90 Å². The number of ether oxygens (including phenoxy) is 2. The number of rotatable bonds is 4. The molecule has 0 spiro atoms. The zero-order valence-electron chi connectivity index (χ0n) is 12.1. The summed E-state index contributed by atoms with van der Waals surface area (Å²) in [5.74, 6) is -4.57. The molecule has 2 atom stereocenters. The zero-order valence-corrected chi connectivity index (χ0v) is 12.1. The molecule has 2 rings (SSSR count). The average molecular weight is 298 g/mol. The molecule has 118 valence electrons. The second kappa shape index (κ2) is 6.53. The van der Waals surface area contributed by atoms with Gasteiger partial charge in [-0.3, -0.25) is 9.59 Å². The van der Waals surface area contributed by atoms with Crippen LogP contribution in [0.15, 0.2) is 0 Å². The third-order valence-electron chi connectivity index (χ3n) is 4.14. The summed E-state index contributed by atoms with van der Waals surface area (Å²) in [6.45, 7) is 0.583. The van der Waals surface area contributed by atoms with Crippen LogP contribution in [0.25, 0.3) is 0 Å². The van der Waals surface area contributed by atoms with E-state index in [4.69, 9.17) is 9.47 Å². The Bertz CT molecular complexity index is 429. The summed E-state index contributed by atoms with van der Waals surface area (Å²) in [5.41, 5.74) is 0. The van der Waals surface area contributed by atoms with E-state index in [0.717, 1.165) is 17.7 Å². The number of carboxylic acids is 1. The number of hydrogen-bond acceptors (Lipinski definition) is 6. The Morgan fingerprint density at radius 1 is 1.24 bits per heavy atom. The van der Waals surface area contributed by atoms with Gasteiger partial charge in [-0.1, -0.05) is 0 Å². The molecular formula is C14H20NO6-. The second-order valence-corrected chi connectivity index (χ2v) is 5.42. The monoisotopic (exact) mass is 298 g/mol. The molecule has 2 heterocycles. The summed E-state index contributed by atoms with van der Waals surface area (Å²) in [6, 6.07) is -1.05. The van der Waals surface area contributed by atoms with Crippen molar-refractivity contribution in [2.75, 3.05) is 20.3 Å². The largest absolute Gasteiger partial charge is 0.548 e. The van der Waals surface area contributed by atoms with Crippen molar-refractivity contribution in [2.24, 2.45) is 0 Å². The maximum atomic E-state index is 12.5. The highest BCUT2D eigenvalue weighted by Gasteiger charge is 2.47. The van der Waals surface area contributed by atoms with E-state index in [1.165, 1.54) is 7.11 Å². The molecule has 2 unspecified atom stereocenters. The van der Waals surface area contributed by atoms with Crippen molar-refractivity contribution in [1.29, 1.82) is 0 Å². The van der Waals surface area contributed by atoms with E-state index in [9.17, 15) is 19.5 Å². The second-order valence-electron chi connectivity index (χ2n) is 5.42. The maximum Gasteiger partial charge on any atom is 0.296 e. The van der Waals surface area contributed by atoms with Crippen LogP contribution in [0.4, 0.5) is 0 Å². The molecule has 0 aromatic carbocycles. The van der Waals surface area contributed by atoms with Gasteiger partial charge in [0, 0.05) is 20.1 Å². The minimum Gasteiger partial charge on any atom is -0.548 e. The van der Waals surface area contributed by atoms with Crippen molar-refractivity contribution in [3.8, 4) is 0 Å². The molecule has 0 aromatic rings. The highest BCUT2D eigenvalue weighted by Crippen LogP contribution is 2.28. The summed E-state index contributed by atoms with van der Waals surface area (Å²) in [5, 5.41) is 11.1. The first-order valence-electron chi connectivity index (χ1n) is 7.27. The molecule has 2 saturated heterocycles. The van der Waals surface area contributed by atoms with Crippen molar-refractivity contribution < 1.29 is 29.0 Å². The van der Waals surface area contributed by atoms with Gasteiger partial charge < -0.3 is 24.3 Å². The van der Waals surface area contributed by atoms with Crippen LogP contribution in [-0.2, 0) is 23.9 Å². The van der Waals surface area contributed by atoms with Gasteiger partial charge in [0.25, 0.3) is 11.7 Å². The van der Waals surface area contributed by atoms with Crippen molar-refractivity contribution in [3.05, 3.63) is 0 Å². The van der Waals surface area contributed by atoms with E-state index in [-0.39, 0.29) is 6.54 Å². The molecule has 0 aromatic heterocycles. The first-order chi connectivity index (χ1) is 10.0. The van der Waals surface area contributed by atoms with E-state index < -0.39 is 29.5 Å². The van der Waals surface area contributed by atoms with Crippen LogP contribution in [-0.4, -0.2) is 54.7 Å². The number of carbonyl (C=O) groups is 3. The fourth-order valence-electron chi connectivity index (χ4n) is 2.91. The summed E-state index contributed by atoms with van der Waals surface area (Å²) < 4.78 is 10.6. The molecule has 1 amide bonds. The van der Waals surface area contributed by atoms with Gasteiger partial charge in [-0.05, 0) is 32.1 Å². The normalized spacial score (nSPS) is 30.0. The van der Waals surface area contributed by atoms with Gasteiger partial charge >= 0.3 is 0 Å². The summed E-state index contributed by atoms with van der Waals surface area (Å²) in [4.78, 5) is 37.1. The molecule has 21 heavy (non-hydrogen) atoms. The van der Waals surface area contributed by atoms with Crippen LogP contribution < -0.4 is 5.11 Å². The predicted molar refractivity (Wildman–Crippen MR) is 68.9 cm³/mol. The number of carbonyl (C=O) groups excluding carboxylic acids is 3. The average Bonchev–Trinajstić information content (AvgIpc) is 2.54. The lowest BCUT2D eigenvalue weighted by molar-refractivity contribution is -0.312. The number of hydrogen-bond donors (Lipinski definition) is 0. The number of nitrogens with zero attached hydrogens (tertiary/aromatic N) is 1. The summed E-state index contributed by atoms with van der Waals surface area (Å²) in [6.07, 6.45) is 3.50. The van der Waals surface area contributed by atoms with Gasteiger partial charge in [0.2, 0.25) is 5.79 Å². The SMILES string of the molecule is COC1(C(=O)C(=O)N2CCCCC2C(=O)[O-])CCCCO1. The molecule has 2 aliphatic rings. The molecule has 0 aliphatic carbocycles. The Kier molecular flexibility index (Phi) is 4.95. The number of methoxy groups -OCH3 is 1. The quantitative estimate of drug-likeness (QED) is 0.632. The number of amides is 1. The van der Waals surface area contributed by atoms with Crippen LogP contribution in [0, 0.1) is 0 Å². The topological polar surface area (TPSA) is 96.0 Å². The van der Waals surface area contributed by atoms with Gasteiger partial charge in [0.1, 0.15) is 0 Å². The first kappa shape index (κ1) is 15.9. The van der Waals surface area contributed by atoms with Gasteiger partial charge in [0.15, 0.2) is 0 Å². The van der Waals surface area contributed by atoms with E-state index in [1.54, 1.807) is 0 Å². The molecule has 2 fully saturated rings. The number of ketones is 1. The lowest BCUT2D eigenvalue weighted by Gasteiger charge is -2.39. The van der Waals surface area contributed by atoms with Gasteiger partial charge in [-0.25, -0.2) is 0 Å². The fourth-order valence-corrected chi connectivity index (χ4v) is 2.91. The molecular weight excluding hydrogens is 278 g/mol. The van der Waals surface area contributed by atoms with Crippen LogP contribution >= 0.6 is 0 Å². The van der Waals surface area contributed by atoms with Crippen molar-refractivity contribution >= 4 is 17.7 Å². The minimum absolute atomic E-state index is 0.239. The number of Topliss-reactive ketones (excluding diaryl/α,β-unsaturated/α-hetero) is 1. The Morgan fingerprint density at radius 2 is 2.00 bits per heavy atom. The van der Waals surface area contributed by atoms with Crippen LogP contribution in [0.5, 0.6) is 0 Å². The number of carboxylic acid groups (broad SMARTS) is 1. The third-order valence-corrected chi connectivity index (χ3v) is 4.14. The van der Waals surface area contributed by atoms with Crippen molar-refractivity contribution in [3.63, 3.8) is 0 Å². The number of aliphatic carboxylic acids is 1. The van der Waals surface area contributed by atoms with E-state index in [0.29, 0.717) is 32.3 Å². The van der Waals surface area contributed by atoms with E-state index in [1.807, 2.05) is 0 Å². The summed E-state index contributed by atoms with van der Waals surface area (Å²) >= 11 is 0. The molecule has 7 heteroatoms. The lowest BCUT2D eigenvalue weighted by atomic mass is 9.97. The predicted octanol–water partition coefficient (Wildman–Crippen LogP) is -0.770. The Balaban J connectivity index is 2.16. The fraction of sp³-hybridized carbons (Fsp3) is 0.786. The lowest BCUT2D eigenvalue weighted by Crippen LogP contribution is -2.59. The molecule has 0 bridgehead atoms. The first-order valence-corrected chi connectivity index (χ1v) is 7.27. The van der Waals surface area contributed by atoms with Crippen LogP contribution in [0.1, 0.15) is 38.5 Å². The van der Waals surface area contributed by atoms with Gasteiger partial charge in [0.05, 0.1) is 18.6 Å².